The van der Waals surface area contributed by atoms with Gasteiger partial charge in [-0.15, -0.1) is 0 Å². The standard InChI is InChI=1S/C30H25ClN2O5/c31-23-11-4-5-12-24(23)32-25(34)16-38-30(37)18-9-6-10-20(13-18)33-28(35)26-19-14-21(17-7-2-1-3-8-17)22(15-19)27(26)29(33)36/h1-13,19,21-22,26-27H,14-16H2,(H,32,34)/t19-,21-,22+,26+,27-/m0/s1. The molecule has 8 heteroatoms. The van der Waals surface area contributed by atoms with Crippen molar-refractivity contribution in [1.82, 2.24) is 0 Å². The van der Waals surface area contributed by atoms with Crippen molar-refractivity contribution >= 4 is 46.7 Å². The first-order valence-corrected chi connectivity index (χ1v) is 13.0. The summed E-state index contributed by atoms with van der Waals surface area (Å²) in [5.41, 5.74) is 2.13. The lowest BCUT2D eigenvalue weighted by Gasteiger charge is -2.28. The first-order valence-electron chi connectivity index (χ1n) is 12.7. The molecular weight excluding hydrogens is 504 g/mol. The molecule has 3 amide bonds. The van der Waals surface area contributed by atoms with Crippen LogP contribution in [0.2, 0.25) is 5.02 Å². The van der Waals surface area contributed by atoms with Crippen LogP contribution >= 0.6 is 11.6 Å². The van der Waals surface area contributed by atoms with Crippen LogP contribution < -0.4 is 10.2 Å². The molecule has 38 heavy (non-hydrogen) atoms. The number of nitrogens with one attached hydrogen (secondary N) is 1. The molecule has 0 unspecified atom stereocenters. The van der Waals surface area contributed by atoms with Gasteiger partial charge in [-0.25, -0.2) is 4.79 Å². The van der Waals surface area contributed by atoms with Gasteiger partial charge in [-0.05, 0) is 66.5 Å². The van der Waals surface area contributed by atoms with Gasteiger partial charge >= 0.3 is 5.97 Å². The minimum Gasteiger partial charge on any atom is -0.452 e. The van der Waals surface area contributed by atoms with Crippen molar-refractivity contribution in [2.24, 2.45) is 23.7 Å². The average molecular weight is 529 g/mol. The summed E-state index contributed by atoms with van der Waals surface area (Å²) in [5, 5.41) is 2.96. The molecule has 5 atom stereocenters. The minimum atomic E-state index is -0.732. The number of amides is 3. The van der Waals surface area contributed by atoms with E-state index in [0.29, 0.717) is 16.4 Å². The number of imide groups is 1. The number of para-hydroxylation sites is 1. The zero-order chi connectivity index (χ0) is 26.4. The van der Waals surface area contributed by atoms with Crippen molar-refractivity contribution in [2.75, 3.05) is 16.8 Å². The van der Waals surface area contributed by atoms with Gasteiger partial charge in [-0.3, -0.25) is 19.3 Å². The SMILES string of the molecule is O=C(COC(=O)c1cccc(N2C(=O)[C@@H]3[C@@H]4C[C@@H]([C@@H]3C2=O)[C@H](c2ccccc2)C4)c1)Nc1ccccc1Cl. The Labute approximate surface area is 224 Å². The minimum absolute atomic E-state index is 0.138. The van der Waals surface area contributed by atoms with Gasteiger partial charge in [0.05, 0.1) is 33.8 Å². The molecule has 0 spiro atoms. The van der Waals surface area contributed by atoms with Gasteiger partial charge in [0.2, 0.25) is 11.8 Å². The second-order valence-electron chi connectivity index (χ2n) is 10.1. The number of rotatable bonds is 6. The average Bonchev–Trinajstić information content (AvgIpc) is 3.60. The highest BCUT2D eigenvalue weighted by Crippen LogP contribution is 2.61. The summed E-state index contributed by atoms with van der Waals surface area (Å²) in [6.07, 6.45) is 1.80. The van der Waals surface area contributed by atoms with Crippen LogP contribution in [0.3, 0.4) is 0 Å². The summed E-state index contributed by atoms with van der Waals surface area (Å²) in [4.78, 5) is 53.2. The third-order valence-corrected chi connectivity index (χ3v) is 8.40. The van der Waals surface area contributed by atoms with Gasteiger partial charge in [0.15, 0.2) is 6.61 Å². The van der Waals surface area contributed by atoms with Gasteiger partial charge in [-0.2, -0.15) is 0 Å². The number of esters is 1. The van der Waals surface area contributed by atoms with E-state index in [1.807, 2.05) is 18.2 Å². The zero-order valence-electron chi connectivity index (χ0n) is 20.4. The van der Waals surface area contributed by atoms with Crippen LogP contribution in [0, 0.1) is 23.7 Å². The van der Waals surface area contributed by atoms with Crippen molar-refractivity contribution in [3.63, 3.8) is 0 Å². The molecule has 1 heterocycles. The fourth-order valence-electron chi connectivity index (χ4n) is 6.53. The van der Waals surface area contributed by atoms with Crippen molar-refractivity contribution in [2.45, 2.75) is 18.8 Å². The summed E-state index contributed by atoms with van der Waals surface area (Å²) < 4.78 is 5.17. The first kappa shape index (κ1) is 24.4. The van der Waals surface area contributed by atoms with E-state index in [9.17, 15) is 19.2 Å². The predicted octanol–water partition coefficient (Wildman–Crippen LogP) is 5.06. The number of halogens is 1. The quantitative estimate of drug-likeness (QED) is 0.356. The van der Waals surface area contributed by atoms with Crippen molar-refractivity contribution in [3.8, 4) is 0 Å². The Morgan fingerprint density at radius 1 is 0.895 bits per heavy atom. The second kappa shape index (κ2) is 9.72. The summed E-state index contributed by atoms with van der Waals surface area (Å²) in [7, 11) is 0. The van der Waals surface area contributed by atoms with E-state index >= 15 is 0 Å². The smallest absolute Gasteiger partial charge is 0.338 e. The van der Waals surface area contributed by atoms with E-state index in [1.54, 1.807) is 36.4 Å². The normalized spacial score (nSPS) is 25.4. The van der Waals surface area contributed by atoms with Gasteiger partial charge < -0.3 is 10.1 Å². The molecule has 2 aliphatic carbocycles. The molecule has 2 saturated carbocycles. The Morgan fingerprint density at radius 2 is 1.63 bits per heavy atom. The molecule has 3 aromatic rings. The number of fused-ring (bicyclic) bond motifs is 5. The topological polar surface area (TPSA) is 92.8 Å². The first-order chi connectivity index (χ1) is 18.4. The number of carbonyl (C=O) groups excluding carboxylic acids is 4. The maximum absolute atomic E-state index is 13.6. The third-order valence-electron chi connectivity index (χ3n) is 8.07. The van der Waals surface area contributed by atoms with Crippen LogP contribution in [-0.4, -0.2) is 30.3 Å². The highest BCUT2D eigenvalue weighted by molar-refractivity contribution is 6.33. The van der Waals surface area contributed by atoms with Crippen molar-refractivity contribution < 1.29 is 23.9 Å². The molecule has 0 aromatic heterocycles. The van der Waals surface area contributed by atoms with Gasteiger partial charge in [0.25, 0.3) is 5.91 Å². The number of anilines is 2. The van der Waals surface area contributed by atoms with Gasteiger partial charge in [0.1, 0.15) is 0 Å². The highest BCUT2D eigenvalue weighted by Gasteiger charge is 2.64. The van der Waals surface area contributed by atoms with Crippen LogP contribution in [0.1, 0.15) is 34.7 Å². The van der Waals surface area contributed by atoms with Crippen LogP contribution in [0.25, 0.3) is 0 Å². The Morgan fingerprint density at radius 3 is 2.42 bits per heavy atom. The Hall–Kier alpha value is -3.97. The molecule has 1 N–H and O–H groups in total. The summed E-state index contributed by atoms with van der Waals surface area (Å²) in [5.74, 6) is -1.71. The monoisotopic (exact) mass is 528 g/mol. The third kappa shape index (κ3) is 4.17. The summed E-state index contributed by atoms with van der Waals surface area (Å²) in [6.45, 7) is -0.510. The van der Waals surface area contributed by atoms with E-state index in [0.717, 1.165) is 12.8 Å². The maximum Gasteiger partial charge on any atom is 0.338 e. The molecule has 1 saturated heterocycles. The lowest BCUT2D eigenvalue weighted by molar-refractivity contribution is -0.123. The lowest BCUT2D eigenvalue weighted by atomic mass is 9.73. The molecule has 3 aliphatic rings. The van der Waals surface area contributed by atoms with E-state index in [-0.39, 0.29) is 47.0 Å². The van der Waals surface area contributed by atoms with Crippen LogP contribution in [-0.2, 0) is 19.1 Å². The molecule has 3 aromatic carbocycles. The number of nitrogens with zero attached hydrogens (tertiary/aromatic N) is 1. The molecule has 7 nitrogen and oxygen atoms in total. The van der Waals surface area contributed by atoms with Gasteiger partial charge in [0, 0.05) is 0 Å². The Balaban J connectivity index is 1.15. The highest BCUT2D eigenvalue weighted by atomic mass is 35.5. The van der Waals surface area contributed by atoms with Gasteiger partial charge in [-0.1, -0.05) is 60.1 Å². The fraction of sp³-hybridized carbons (Fsp3) is 0.267. The number of carbonyl (C=O) groups is 4. The molecule has 6 rings (SSSR count). The fourth-order valence-corrected chi connectivity index (χ4v) is 6.72. The van der Waals surface area contributed by atoms with E-state index in [4.69, 9.17) is 16.3 Å². The van der Waals surface area contributed by atoms with E-state index in [2.05, 4.69) is 17.4 Å². The van der Waals surface area contributed by atoms with E-state index in [1.165, 1.54) is 22.6 Å². The Kier molecular flexibility index (Phi) is 6.24. The number of hydrogen-bond donors (Lipinski definition) is 1. The van der Waals surface area contributed by atoms with E-state index < -0.39 is 18.5 Å². The number of hydrogen-bond acceptors (Lipinski definition) is 5. The van der Waals surface area contributed by atoms with Crippen LogP contribution in [0.15, 0.2) is 78.9 Å². The summed E-state index contributed by atoms with van der Waals surface area (Å²) >= 11 is 6.04. The summed E-state index contributed by atoms with van der Waals surface area (Å²) in [6, 6.07) is 23.2. The van der Waals surface area contributed by atoms with Crippen molar-refractivity contribution in [3.05, 3.63) is 95.0 Å². The Bertz CT molecular complexity index is 1440. The number of ether oxygens (including phenoxy) is 1. The lowest BCUT2D eigenvalue weighted by Crippen LogP contribution is -2.33. The van der Waals surface area contributed by atoms with Crippen LogP contribution in [0.5, 0.6) is 0 Å². The molecule has 192 valence electrons. The predicted molar refractivity (Wildman–Crippen MR) is 142 cm³/mol. The largest absolute Gasteiger partial charge is 0.452 e. The second-order valence-corrected chi connectivity index (χ2v) is 10.5. The van der Waals surface area contributed by atoms with Crippen molar-refractivity contribution in [1.29, 1.82) is 0 Å². The molecule has 2 bridgehead atoms. The molecule has 3 fully saturated rings. The molecule has 1 aliphatic heterocycles. The molecule has 0 radical (unpaired) electrons. The van der Waals surface area contributed by atoms with Crippen LogP contribution in [0.4, 0.5) is 11.4 Å². The maximum atomic E-state index is 13.6. The molecular formula is C30H25ClN2O5. The number of benzene rings is 3. The zero-order valence-corrected chi connectivity index (χ0v) is 21.1.